The summed E-state index contributed by atoms with van der Waals surface area (Å²) in [6.45, 7) is 5.28. The number of carbonyl (C=O) groups excluding carboxylic acids is 12. The molecule has 0 spiro atoms. The summed E-state index contributed by atoms with van der Waals surface area (Å²) in [6, 6.07) is 19.3. The third kappa shape index (κ3) is 27.3. The standard InChI is InChI=1S/C72H84N14O19S2/c1-40(2)29-56(75-35-50(91)37-85(74-6)28-26-73-5)72(105)86-27-10-13-59(86)70(103)82-57-38-106-107-39-58(69(102)80-53(65(98)77-51(41(3)87)33-61(93)94)31-43-14-20-47(21-15-43)46-11-8-7-9-12-46)83-71(104)63(42(4)88)84-60(92)36-76-64(97)52(30-44-16-22-48(89)23-17-44)78-66(99)54(32-45-18-24-49(90)25-19-45)79-67(100)55(34-62(95)96)81-68(57)101/h7-9,11-25,30-31,33-34,40,54,56-58,73-75,88-90H,10,26-29,32,35-39H2,1-6H3,(H,76,97)(H,77,98)(H,78,99)(H,79,100)(H,80,102)(H,81,101)(H,82,103)(H,83,104)(H,84,92)(H,93,94)(H,95,96)/b51-33-,52-30-,53-31+,55-34-,63-42+/t54-,56-,57-,58-/m0/s1. The summed E-state index contributed by atoms with van der Waals surface area (Å²) in [5.74, 6) is -19.2. The van der Waals surface area contributed by atoms with Crippen LogP contribution in [0.2, 0.25) is 0 Å². The van der Waals surface area contributed by atoms with E-state index in [0.717, 1.165) is 42.0 Å². The number of amides is 10. The van der Waals surface area contributed by atoms with Gasteiger partial charge in [0.2, 0.25) is 29.5 Å². The van der Waals surface area contributed by atoms with Crippen molar-refractivity contribution in [2.45, 2.75) is 71.1 Å². The largest absolute Gasteiger partial charge is 0.510 e. The first-order valence-electron chi connectivity index (χ1n) is 33.2. The van der Waals surface area contributed by atoms with Crippen molar-refractivity contribution in [3.63, 3.8) is 0 Å². The molecule has 6 rings (SSSR count). The van der Waals surface area contributed by atoms with Gasteiger partial charge in [0.05, 0.1) is 43.5 Å². The Bertz CT molecular complexity index is 4180. The first-order valence-corrected chi connectivity index (χ1v) is 35.7. The summed E-state index contributed by atoms with van der Waals surface area (Å²) >= 11 is 0. The molecule has 0 bridgehead atoms. The Hall–Kier alpha value is -11.8. The predicted molar refractivity (Wildman–Crippen MR) is 395 cm³/mol. The number of nitrogens with one attached hydrogen (secondary N) is 12. The molecule has 1 saturated heterocycles. The smallest absolute Gasteiger partial charge is 0.330 e. The lowest BCUT2D eigenvalue weighted by molar-refractivity contribution is -0.135. The van der Waals surface area contributed by atoms with E-state index in [9.17, 15) is 92.7 Å². The van der Waals surface area contributed by atoms with Crippen LogP contribution in [-0.2, 0) is 73.5 Å². The van der Waals surface area contributed by atoms with E-state index in [1.807, 2.05) is 32.0 Å². The maximum Gasteiger partial charge on any atom is 0.330 e. The van der Waals surface area contributed by atoms with E-state index < -0.39 is 160 Å². The molecule has 0 saturated carbocycles. The Labute approximate surface area is 622 Å². The summed E-state index contributed by atoms with van der Waals surface area (Å²) < 4.78 is 0. The number of carbonyl (C=O) groups is 14. The molecule has 33 nitrogen and oxygen atoms in total. The van der Waals surface area contributed by atoms with Gasteiger partial charge in [-0.1, -0.05) is 120 Å². The molecule has 17 N–H and O–H groups in total. The van der Waals surface area contributed by atoms with Crippen molar-refractivity contribution >= 4 is 116 Å². The molecule has 568 valence electrons. The molecular formula is C72H84N14O19S2. The molecular weight excluding hydrogens is 1430 g/mol. The van der Waals surface area contributed by atoms with Gasteiger partial charge in [0.15, 0.2) is 11.6 Å². The first kappa shape index (κ1) is 84.2. The summed E-state index contributed by atoms with van der Waals surface area (Å²) in [5, 5.41) is 79.5. The quantitative estimate of drug-likeness (QED) is 0.0177. The number of aliphatic carboxylic acids is 2. The number of benzene rings is 4. The number of phenols is 2. The van der Waals surface area contributed by atoms with E-state index in [-0.39, 0.29) is 84.1 Å². The molecule has 4 aromatic rings. The monoisotopic (exact) mass is 1510 g/mol. The highest BCUT2D eigenvalue weighted by molar-refractivity contribution is 8.76. The number of carboxylic acids is 2. The summed E-state index contributed by atoms with van der Waals surface area (Å²) in [5.41, 5.74) is 0.906. The Morgan fingerprint density at radius 3 is 1.95 bits per heavy atom. The van der Waals surface area contributed by atoms with Gasteiger partial charge in [-0.3, -0.25) is 68.3 Å². The minimum Gasteiger partial charge on any atom is -0.510 e. The Morgan fingerprint density at radius 2 is 1.34 bits per heavy atom. The summed E-state index contributed by atoms with van der Waals surface area (Å²) in [7, 11) is 4.81. The zero-order valence-electron chi connectivity index (χ0n) is 59.0. The van der Waals surface area contributed by atoms with Gasteiger partial charge in [-0.25, -0.2) is 14.6 Å². The molecule has 2 heterocycles. The van der Waals surface area contributed by atoms with Crippen LogP contribution in [0.3, 0.4) is 0 Å². The van der Waals surface area contributed by atoms with Crippen LogP contribution in [-0.4, -0.2) is 207 Å². The van der Waals surface area contributed by atoms with Crippen molar-refractivity contribution in [1.82, 2.24) is 73.8 Å². The molecule has 0 aromatic heterocycles. The molecule has 2 aliphatic heterocycles. The van der Waals surface area contributed by atoms with Crippen molar-refractivity contribution in [1.29, 1.82) is 0 Å². The lowest BCUT2D eigenvalue weighted by atomic mass is 10.0. The lowest BCUT2D eigenvalue weighted by Crippen LogP contribution is -2.54. The molecule has 10 amide bonds. The van der Waals surface area contributed by atoms with Crippen molar-refractivity contribution in [2.24, 2.45) is 5.92 Å². The van der Waals surface area contributed by atoms with Crippen LogP contribution in [0, 0.1) is 5.92 Å². The third-order valence-corrected chi connectivity index (χ3v) is 18.0. The number of allylic oxidation sites excluding steroid dienone is 2. The van der Waals surface area contributed by atoms with Crippen LogP contribution < -0.4 is 63.9 Å². The highest BCUT2D eigenvalue weighted by Gasteiger charge is 2.36. The molecule has 0 radical (unpaired) electrons. The highest BCUT2D eigenvalue weighted by Crippen LogP contribution is 2.26. The van der Waals surface area contributed by atoms with Gasteiger partial charge in [0.1, 0.15) is 63.9 Å². The zero-order chi connectivity index (χ0) is 78.4. The van der Waals surface area contributed by atoms with Crippen LogP contribution in [0.15, 0.2) is 161 Å². The van der Waals surface area contributed by atoms with Crippen molar-refractivity contribution in [3.05, 3.63) is 178 Å². The first-order chi connectivity index (χ1) is 50.9. The van der Waals surface area contributed by atoms with E-state index in [0.29, 0.717) is 40.8 Å². The number of nitrogens with zero attached hydrogens (tertiary/aromatic N) is 2. The van der Waals surface area contributed by atoms with Crippen molar-refractivity contribution in [2.75, 3.05) is 64.9 Å². The van der Waals surface area contributed by atoms with E-state index in [4.69, 9.17) is 0 Å². The number of hydrogen-bond donors (Lipinski definition) is 17. The van der Waals surface area contributed by atoms with Crippen LogP contribution in [0.5, 0.6) is 11.5 Å². The van der Waals surface area contributed by atoms with E-state index >= 15 is 0 Å². The van der Waals surface area contributed by atoms with Gasteiger partial charge in [0, 0.05) is 44.5 Å². The van der Waals surface area contributed by atoms with Crippen LogP contribution in [0.25, 0.3) is 23.3 Å². The SMILES string of the molecule is CNCCN(CC(=O)CN[C@@H](CC(C)C)C(=O)N1CCC=C1C(=O)N[C@H]1CSSC[C@@H](C(=O)N/C(=C/c2ccc(-c3ccccc3)cc2)C(=O)N/C(=C\C(=O)O)C(C)=O)NC(=O)/C(=C(/C)O)NC(=O)CNC(=O)/C(=C/c2ccc(O)cc2)NC(=O)[C@H](Cc2ccc(O)cc2)NC(=O)/C(=C/C(=O)O)NC1=O)NC. The number of ketones is 2. The fourth-order valence-electron chi connectivity index (χ4n) is 10.2. The summed E-state index contributed by atoms with van der Waals surface area (Å²) in [6.07, 6.45) is 4.16. The molecule has 35 heteroatoms. The van der Waals surface area contributed by atoms with Crippen molar-refractivity contribution < 1.29 is 92.7 Å². The molecule has 0 unspecified atom stereocenters. The van der Waals surface area contributed by atoms with Gasteiger partial charge in [-0.2, -0.15) is 0 Å². The summed E-state index contributed by atoms with van der Waals surface area (Å²) in [4.78, 5) is 197. The molecule has 1 fully saturated rings. The molecule has 107 heavy (non-hydrogen) atoms. The topological polar surface area (TPSA) is 491 Å². The number of aliphatic hydroxyl groups is 1. The minimum atomic E-state index is -1.90. The van der Waals surface area contributed by atoms with Crippen LogP contribution >= 0.6 is 21.6 Å². The average molecular weight is 1510 g/mol. The van der Waals surface area contributed by atoms with Gasteiger partial charge in [-0.15, -0.1) is 0 Å². The van der Waals surface area contributed by atoms with Crippen LogP contribution in [0.4, 0.5) is 0 Å². The number of hydrogen-bond acceptors (Lipinski definition) is 23. The van der Waals surface area contributed by atoms with E-state index in [1.54, 1.807) is 55.5 Å². The maximum absolute atomic E-state index is 14.9. The van der Waals surface area contributed by atoms with Crippen molar-refractivity contribution in [3.8, 4) is 22.6 Å². The van der Waals surface area contributed by atoms with E-state index in [2.05, 4.69) is 63.9 Å². The van der Waals surface area contributed by atoms with Crippen LogP contribution in [0.1, 0.15) is 57.2 Å². The average Bonchev–Trinajstić information content (AvgIpc) is 1.82. The number of phenolic OH excluding ortho intramolecular Hbond substituents is 2. The minimum absolute atomic E-state index is 0.0289. The van der Waals surface area contributed by atoms with E-state index in [1.165, 1.54) is 54.6 Å². The number of carboxylic acid groups (broad SMARTS) is 2. The second-order valence-electron chi connectivity index (χ2n) is 24.4. The predicted octanol–water partition coefficient (Wildman–Crippen LogP) is 0.597. The second kappa shape index (κ2) is 41.7. The number of aromatic hydroxyl groups is 2. The molecule has 4 aromatic carbocycles. The van der Waals surface area contributed by atoms with Gasteiger partial charge in [-0.05, 0) is 104 Å². The number of likely N-dealkylation sites (N-methyl/N-ethyl adjacent to an activating group) is 1. The lowest BCUT2D eigenvalue weighted by Gasteiger charge is -2.28. The number of aliphatic hydroxyl groups excluding tert-OH is 1. The Kier molecular flexibility index (Phi) is 32.8. The Balaban J connectivity index is 1.45. The Morgan fingerprint density at radius 1 is 0.701 bits per heavy atom. The molecule has 2 aliphatic rings. The van der Waals surface area contributed by atoms with Gasteiger partial charge in [0.25, 0.3) is 29.5 Å². The fraction of sp³-hybridized carbons (Fsp3) is 0.306. The number of hydrazine groups is 1. The maximum atomic E-state index is 14.9. The van der Waals surface area contributed by atoms with Gasteiger partial charge >= 0.3 is 11.9 Å². The fourth-order valence-corrected chi connectivity index (χ4v) is 12.5. The normalized spacial score (nSPS) is 18.5. The zero-order valence-corrected chi connectivity index (χ0v) is 60.7. The number of rotatable bonds is 26. The molecule has 4 atom stereocenters. The number of Topliss-reactive ketones (excluding diaryl/α,β-unsaturated/α-hetero) is 2. The van der Waals surface area contributed by atoms with Gasteiger partial charge < -0.3 is 83.6 Å². The molecule has 0 aliphatic carbocycles. The third-order valence-electron chi connectivity index (χ3n) is 15.6. The second-order valence-corrected chi connectivity index (χ2v) is 26.9. The highest BCUT2D eigenvalue weighted by atomic mass is 33.1.